The average molecular weight is 346 g/mol. The second-order valence-electron chi connectivity index (χ2n) is 5.87. The van der Waals surface area contributed by atoms with Crippen molar-refractivity contribution >= 4 is 18.0 Å². The van der Waals surface area contributed by atoms with Crippen LogP contribution in [0.25, 0.3) is 0 Å². The summed E-state index contributed by atoms with van der Waals surface area (Å²) in [4.78, 5) is 35.6. The fraction of sp³-hybridized carbons (Fsp3) is 0.421. The average Bonchev–Trinajstić information content (AvgIpc) is 2.95. The van der Waals surface area contributed by atoms with Gasteiger partial charge in [-0.25, -0.2) is 4.79 Å². The van der Waals surface area contributed by atoms with Gasteiger partial charge in [0.25, 0.3) is 0 Å². The molecule has 1 heterocycles. The van der Waals surface area contributed by atoms with Crippen LogP contribution in [-0.2, 0) is 34.4 Å². The van der Waals surface area contributed by atoms with E-state index in [-0.39, 0.29) is 25.2 Å². The van der Waals surface area contributed by atoms with Gasteiger partial charge in [-0.3, -0.25) is 9.59 Å². The van der Waals surface area contributed by atoms with Crippen LogP contribution in [0.3, 0.4) is 0 Å². The fourth-order valence-electron chi connectivity index (χ4n) is 2.89. The number of Topliss-reactive ketones (excluding diaryl/α,β-unsaturated/α-hetero) is 1. The Morgan fingerprint density at radius 2 is 2.04 bits per heavy atom. The van der Waals surface area contributed by atoms with Gasteiger partial charge in [0.05, 0.1) is 20.1 Å². The molecule has 1 saturated heterocycles. The first-order valence-corrected chi connectivity index (χ1v) is 8.08. The summed E-state index contributed by atoms with van der Waals surface area (Å²) in [5.41, 5.74) is -0.687. The van der Waals surface area contributed by atoms with E-state index in [1.54, 1.807) is 31.2 Å². The van der Waals surface area contributed by atoms with E-state index >= 15 is 0 Å². The Kier molecular flexibility index (Phi) is 5.87. The Labute approximate surface area is 146 Å². The Balaban J connectivity index is 2.37. The van der Waals surface area contributed by atoms with E-state index in [1.807, 2.05) is 6.07 Å². The van der Waals surface area contributed by atoms with Crippen LogP contribution in [-0.4, -0.2) is 37.4 Å². The van der Waals surface area contributed by atoms with Gasteiger partial charge in [-0.15, -0.1) is 0 Å². The Morgan fingerprint density at radius 1 is 1.36 bits per heavy atom. The third-order valence-electron chi connectivity index (χ3n) is 4.33. The van der Waals surface area contributed by atoms with Crippen LogP contribution < -0.4 is 0 Å². The largest absolute Gasteiger partial charge is 0.467 e. The minimum Gasteiger partial charge on any atom is -0.467 e. The first-order chi connectivity index (χ1) is 11.9. The zero-order chi connectivity index (χ0) is 18.5. The molecule has 0 saturated carbocycles. The van der Waals surface area contributed by atoms with Crippen molar-refractivity contribution in [2.45, 2.75) is 37.6 Å². The Bertz CT molecular complexity index is 668. The highest BCUT2D eigenvalue weighted by Crippen LogP contribution is 2.45. The van der Waals surface area contributed by atoms with E-state index in [0.717, 1.165) is 0 Å². The van der Waals surface area contributed by atoms with Gasteiger partial charge in [-0.05, 0) is 18.4 Å². The molecule has 0 amide bonds. The lowest BCUT2D eigenvalue weighted by Gasteiger charge is -2.32. The van der Waals surface area contributed by atoms with E-state index in [4.69, 9.17) is 14.2 Å². The van der Waals surface area contributed by atoms with Crippen LogP contribution in [0, 0.1) is 0 Å². The second-order valence-corrected chi connectivity index (χ2v) is 5.87. The van der Waals surface area contributed by atoms with E-state index in [0.29, 0.717) is 23.8 Å². The van der Waals surface area contributed by atoms with Gasteiger partial charge in [0.1, 0.15) is 6.29 Å². The minimum absolute atomic E-state index is 0.118. The molecule has 1 aromatic rings. The van der Waals surface area contributed by atoms with Gasteiger partial charge in [-0.2, -0.15) is 0 Å². The predicted molar refractivity (Wildman–Crippen MR) is 89.6 cm³/mol. The number of esters is 1. The summed E-state index contributed by atoms with van der Waals surface area (Å²) < 4.78 is 16.7. The van der Waals surface area contributed by atoms with Gasteiger partial charge in [0.2, 0.25) is 11.4 Å². The molecule has 1 aliphatic heterocycles. The minimum atomic E-state index is -1.69. The predicted octanol–water partition coefficient (Wildman–Crippen LogP) is 2.31. The number of methoxy groups -OCH3 is 1. The van der Waals surface area contributed by atoms with Crippen molar-refractivity contribution in [3.8, 4) is 0 Å². The molecule has 0 spiro atoms. The monoisotopic (exact) mass is 346 g/mol. The molecule has 2 unspecified atom stereocenters. The molecular weight excluding hydrogens is 324 g/mol. The van der Waals surface area contributed by atoms with E-state index in [2.05, 4.69) is 6.58 Å². The van der Waals surface area contributed by atoms with Gasteiger partial charge >= 0.3 is 5.97 Å². The van der Waals surface area contributed by atoms with Crippen LogP contribution in [0.15, 0.2) is 42.5 Å². The number of carbonyl (C=O) groups is 3. The summed E-state index contributed by atoms with van der Waals surface area (Å²) >= 11 is 0. The highest BCUT2D eigenvalue weighted by molar-refractivity contribution is 6.09. The lowest BCUT2D eigenvalue weighted by atomic mass is 9.93. The van der Waals surface area contributed by atoms with Crippen molar-refractivity contribution in [2.24, 2.45) is 0 Å². The molecular formula is C19H22O6. The lowest BCUT2D eigenvalue weighted by molar-refractivity contribution is -0.261. The Morgan fingerprint density at radius 3 is 2.60 bits per heavy atom. The number of benzene rings is 1. The van der Waals surface area contributed by atoms with Crippen molar-refractivity contribution in [1.29, 1.82) is 0 Å². The quantitative estimate of drug-likeness (QED) is 0.311. The van der Waals surface area contributed by atoms with Crippen molar-refractivity contribution in [3.05, 3.63) is 48.0 Å². The van der Waals surface area contributed by atoms with Gasteiger partial charge < -0.3 is 14.2 Å². The summed E-state index contributed by atoms with van der Waals surface area (Å²) in [6.07, 6.45) is 0.974. The summed E-state index contributed by atoms with van der Waals surface area (Å²) in [5.74, 6) is -2.52. The molecule has 0 aliphatic carbocycles. The van der Waals surface area contributed by atoms with Crippen LogP contribution >= 0.6 is 0 Å². The maximum atomic E-state index is 12.7. The molecule has 25 heavy (non-hydrogen) atoms. The molecule has 6 heteroatoms. The first kappa shape index (κ1) is 19.0. The van der Waals surface area contributed by atoms with Crippen LogP contribution in [0.4, 0.5) is 0 Å². The summed E-state index contributed by atoms with van der Waals surface area (Å²) in [5, 5.41) is 0. The number of hydrogen-bond acceptors (Lipinski definition) is 6. The molecule has 1 aromatic carbocycles. The first-order valence-electron chi connectivity index (χ1n) is 8.08. The molecule has 1 fully saturated rings. The van der Waals surface area contributed by atoms with Crippen molar-refractivity contribution in [2.75, 3.05) is 13.7 Å². The topological polar surface area (TPSA) is 78.9 Å². The molecule has 0 bridgehead atoms. The molecule has 0 N–H and O–H groups in total. The second kappa shape index (κ2) is 7.72. The van der Waals surface area contributed by atoms with Crippen LogP contribution in [0.5, 0.6) is 0 Å². The normalized spacial score (nSPS) is 25.6. The van der Waals surface area contributed by atoms with Crippen molar-refractivity contribution < 1.29 is 28.6 Å². The zero-order valence-corrected chi connectivity index (χ0v) is 14.4. The van der Waals surface area contributed by atoms with Crippen molar-refractivity contribution in [1.82, 2.24) is 0 Å². The van der Waals surface area contributed by atoms with Crippen LogP contribution in [0.1, 0.15) is 31.7 Å². The zero-order valence-electron chi connectivity index (χ0n) is 14.4. The third kappa shape index (κ3) is 3.55. The maximum absolute atomic E-state index is 12.7. The summed E-state index contributed by atoms with van der Waals surface area (Å²) in [6, 6.07) is 8.96. The number of rotatable bonds is 8. The molecule has 6 nitrogen and oxygen atoms in total. The van der Waals surface area contributed by atoms with Gasteiger partial charge in [0.15, 0.2) is 5.78 Å². The molecule has 2 rings (SSSR count). The van der Waals surface area contributed by atoms with Gasteiger partial charge in [-0.1, -0.05) is 43.8 Å². The lowest BCUT2D eigenvalue weighted by Crippen LogP contribution is -2.46. The standard InChI is InChI=1S/C19H22O6/c1-4-18(17(22)23-3)16(21)12-19(25-18,15-8-6-5-7-9-15)24-11-10-14(2)13-20/h5-9,13H,2,4,10-12H2,1,3H3. The summed E-state index contributed by atoms with van der Waals surface area (Å²) in [6.45, 7) is 5.41. The maximum Gasteiger partial charge on any atom is 0.346 e. The van der Waals surface area contributed by atoms with Crippen LogP contribution in [0.2, 0.25) is 0 Å². The number of ketones is 1. The number of ether oxygens (including phenoxy) is 3. The fourth-order valence-corrected chi connectivity index (χ4v) is 2.89. The van der Waals surface area contributed by atoms with Gasteiger partial charge in [0, 0.05) is 5.56 Å². The molecule has 134 valence electrons. The molecule has 0 radical (unpaired) electrons. The SMILES string of the molecule is C=C(C=O)CCOC1(c2ccccc2)CC(=O)C(CC)(C(=O)OC)O1. The number of hydrogen-bond donors (Lipinski definition) is 0. The summed E-state index contributed by atoms with van der Waals surface area (Å²) in [7, 11) is 1.22. The highest BCUT2D eigenvalue weighted by atomic mass is 16.7. The van der Waals surface area contributed by atoms with Crippen molar-refractivity contribution in [3.63, 3.8) is 0 Å². The molecule has 2 atom stereocenters. The Hall–Kier alpha value is -2.31. The molecule has 1 aliphatic rings. The number of aldehydes is 1. The van der Waals surface area contributed by atoms with E-state index in [1.165, 1.54) is 7.11 Å². The highest BCUT2D eigenvalue weighted by Gasteiger charge is 2.61. The smallest absolute Gasteiger partial charge is 0.346 e. The third-order valence-corrected chi connectivity index (χ3v) is 4.33. The van der Waals surface area contributed by atoms with E-state index < -0.39 is 17.4 Å². The number of carbonyl (C=O) groups excluding carboxylic acids is 3. The van der Waals surface area contributed by atoms with E-state index in [9.17, 15) is 14.4 Å². The molecule has 0 aromatic heterocycles.